The lowest BCUT2D eigenvalue weighted by molar-refractivity contribution is -0.157. The summed E-state index contributed by atoms with van der Waals surface area (Å²) in [7, 11) is -3.57. The molecule has 1 saturated carbocycles. The summed E-state index contributed by atoms with van der Waals surface area (Å²) in [6.45, 7) is 5.38. The Bertz CT molecular complexity index is 1770. The number of para-hydroxylation sites is 1. The number of amides is 2. The van der Waals surface area contributed by atoms with Crippen molar-refractivity contribution in [1.82, 2.24) is 14.9 Å². The van der Waals surface area contributed by atoms with Crippen molar-refractivity contribution in [2.75, 3.05) is 19.4 Å². The number of carbonyl (C=O) groups is 3. The molecule has 2 N–H and O–H groups in total. The molecule has 0 radical (unpaired) electrons. The van der Waals surface area contributed by atoms with Crippen LogP contribution in [0.3, 0.4) is 0 Å². The summed E-state index contributed by atoms with van der Waals surface area (Å²) < 4.78 is 38.8. The van der Waals surface area contributed by atoms with Crippen molar-refractivity contribution >= 4 is 39.4 Å². The van der Waals surface area contributed by atoms with Crippen LogP contribution in [0.2, 0.25) is 5.02 Å². The highest BCUT2D eigenvalue weighted by molar-refractivity contribution is 7.88. The van der Waals surface area contributed by atoms with E-state index in [-0.39, 0.29) is 25.0 Å². The van der Waals surface area contributed by atoms with Gasteiger partial charge in [0.1, 0.15) is 11.4 Å². The van der Waals surface area contributed by atoms with Crippen LogP contribution < -0.4 is 14.8 Å². The van der Waals surface area contributed by atoms with E-state index in [2.05, 4.69) is 10.0 Å². The van der Waals surface area contributed by atoms with Crippen molar-refractivity contribution in [3.8, 4) is 5.75 Å². The van der Waals surface area contributed by atoms with E-state index in [9.17, 15) is 22.8 Å². The molecule has 1 aliphatic heterocycles. The van der Waals surface area contributed by atoms with Gasteiger partial charge in [-0.3, -0.25) is 9.59 Å². The van der Waals surface area contributed by atoms with Crippen molar-refractivity contribution in [1.29, 1.82) is 0 Å². The van der Waals surface area contributed by atoms with Gasteiger partial charge in [-0.1, -0.05) is 73.0 Å². The van der Waals surface area contributed by atoms with E-state index in [0.29, 0.717) is 41.2 Å². The molecule has 12 heteroatoms. The first-order chi connectivity index (χ1) is 23.2. The van der Waals surface area contributed by atoms with Crippen LogP contribution in [0.5, 0.6) is 5.75 Å². The zero-order chi connectivity index (χ0) is 35.3. The first kappa shape index (κ1) is 36.4. The van der Waals surface area contributed by atoms with Crippen molar-refractivity contribution in [3.63, 3.8) is 0 Å². The summed E-state index contributed by atoms with van der Waals surface area (Å²) in [5.74, 6) is -1.29. The van der Waals surface area contributed by atoms with Gasteiger partial charge >= 0.3 is 5.97 Å². The normalized spacial score (nSPS) is 21.1. The second kappa shape index (κ2) is 15.3. The maximum atomic E-state index is 14.4. The SMILES string of the molecule is CC(C)(C)OC(=O)COc1ccccc1CCNC(=O)[C@@H]1c2ccccc2C(=O)N([C@H]2CCCC[C@@H]2NS(C)(=O)=O)[C@H]1c1ccc(Cl)cc1. The van der Waals surface area contributed by atoms with Crippen molar-refractivity contribution in [2.45, 2.75) is 82.5 Å². The molecule has 3 aromatic carbocycles. The smallest absolute Gasteiger partial charge is 0.344 e. The summed E-state index contributed by atoms with van der Waals surface area (Å²) >= 11 is 6.28. The monoisotopic (exact) mass is 709 g/mol. The minimum atomic E-state index is -3.57. The molecule has 0 saturated heterocycles. The minimum Gasteiger partial charge on any atom is -0.482 e. The van der Waals surface area contributed by atoms with Gasteiger partial charge < -0.3 is 19.7 Å². The first-order valence-electron chi connectivity index (χ1n) is 16.6. The summed E-state index contributed by atoms with van der Waals surface area (Å²) in [6.07, 6.45) is 4.34. The number of sulfonamides is 1. The zero-order valence-corrected chi connectivity index (χ0v) is 29.9. The highest BCUT2D eigenvalue weighted by Crippen LogP contribution is 2.46. The van der Waals surface area contributed by atoms with Crippen LogP contribution >= 0.6 is 11.6 Å². The molecule has 2 aliphatic rings. The Morgan fingerprint density at radius 3 is 2.35 bits per heavy atom. The fourth-order valence-corrected chi connectivity index (χ4v) is 7.81. The van der Waals surface area contributed by atoms with Gasteiger partial charge in [-0.15, -0.1) is 0 Å². The Morgan fingerprint density at radius 1 is 0.959 bits per heavy atom. The molecule has 1 aliphatic carbocycles. The van der Waals surface area contributed by atoms with E-state index in [1.807, 2.05) is 42.5 Å². The number of carbonyl (C=O) groups excluding carboxylic acids is 3. The van der Waals surface area contributed by atoms with Gasteiger partial charge in [-0.05, 0) is 81.0 Å². The van der Waals surface area contributed by atoms with Crippen molar-refractivity contribution < 1.29 is 32.3 Å². The number of rotatable bonds is 11. The maximum Gasteiger partial charge on any atom is 0.344 e. The van der Waals surface area contributed by atoms with Gasteiger partial charge in [0.25, 0.3) is 5.91 Å². The summed E-state index contributed by atoms with van der Waals surface area (Å²) in [5.41, 5.74) is 1.91. The molecule has 5 rings (SSSR count). The molecular weight excluding hydrogens is 666 g/mol. The Morgan fingerprint density at radius 2 is 1.63 bits per heavy atom. The van der Waals surface area contributed by atoms with E-state index in [4.69, 9.17) is 21.1 Å². The Hall–Kier alpha value is -3.93. The van der Waals surface area contributed by atoms with Crippen LogP contribution in [0, 0.1) is 0 Å². The van der Waals surface area contributed by atoms with E-state index in [1.165, 1.54) is 0 Å². The molecular formula is C37H44ClN3O7S. The van der Waals surface area contributed by atoms with E-state index in [0.717, 1.165) is 30.2 Å². The van der Waals surface area contributed by atoms with Crippen molar-refractivity contribution in [2.24, 2.45) is 0 Å². The second-order valence-electron chi connectivity index (χ2n) is 13.6. The average Bonchev–Trinajstić information content (AvgIpc) is 3.03. The van der Waals surface area contributed by atoms with E-state index < -0.39 is 45.6 Å². The molecule has 2 amide bonds. The second-order valence-corrected chi connectivity index (χ2v) is 15.9. The van der Waals surface area contributed by atoms with E-state index >= 15 is 0 Å². The summed E-state index contributed by atoms with van der Waals surface area (Å²) in [5, 5.41) is 3.62. The lowest BCUT2D eigenvalue weighted by Crippen LogP contribution is -2.59. The first-order valence-corrected chi connectivity index (χ1v) is 18.8. The summed E-state index contributed by atoms with van der Waals surface area (Å²) in [6, 6.07) is 19.8. The molecule has 1 fully saturated rings. The predicted octanol–water partition coefficient (Wildman–Crippen LogP) is 5.56. The number of halogens is 1. The fraction of sp³-hybridized carbons (Fsp3) is 0.432. The Labute approximate surface area is 293 Å². The van der Waals surface area contributed by atoms with Crippen LogP contribution in [-0.4, -0.2) is 68.2 Å². The molecule has 1 heterocycles. The van der Waals surface area contributed by atoms with Crippen LogP contribution in [0.15, 0.2) is 72.8 Å². The maximum absolute atomic E-state index is 14.4. The molecule has 0 bridgehead atoms. The molecule has 49 heavy (non-hydrogen) atoms. The van der Waals surface area contributed by atoms with Gasteiger partial charge in [0, 0.05) is 29.2 Å². The van der Waals surface area contributed by atoms with Gasteiger partial charge in [-0.25, -0.2) is 17.9 Å². The fourth-order valence-electron chi connectivity index (χ4n) is 6.86. The highest BCUT2D eigenvalue weighted by Gasteiger charge is 2.48. The van der Waals surface area contributed by atoms with Gasteiger partial charge in [-0.2, -0.15) is 0 Å². The number of nitrogens with zero attached hydrogens (tertiary/aromatic N) is 1. The number of hydrogen-bond donors (Lipinski definition) is 2. The third kappa shape index (κ3) is 9.20. The minimum absolute atomic E-state index is 0.247. The van der Waals surface area contributed by atoms with Crippen LogP contribution in [0.4, 0.5) is 0 Å². The number of nitrogens with one attached hydrogen (secondary N) is 2. The molecule has 0 unspecified atom stereocenters. The molecule has 0 spiro atoms. The number of benzene rings is 3. The lowest BCUT2D eigenvalue weighted by Gasteiger charge is -2.49. The average molecular weight is 710 g/mol. The standard InChI is InChI=1S/C37H44ClN3O7S/c1-37(2,3)48-32(42)23-47-31-16-10-5-11-24(31)21-22-39-35(43)33-27-12-6-7-13-28(27)36(44)41(34(33)25-17-19-26(38)20-18-25)30-15-9-8-14-29(30)40-49(4,45)46/h5-7,10-13,16-20,29-30,33-34,40H,8-9,14-15,21-23H2,1-4H3,(H,39,43)/t29-,30-,33+,34-/m0/s1. The lowest BCUT2D eigenvalue weighted by atomic mass is 9.76. The molecule has 0 aromatic heterocycles. The number of fused-ring (bicyclic) bond motifs is 1. The van der Waals surface area contributed by atoms with Crippen molar-refractivity contribution in [3.05, 3.63) is 100 Å². The number of esters is 1. The topological polar surface area (TPSA) is 131 Å². The third-order valence-corrected chi connectivity index (χ3v) is 9.74. The van der Waals surface area contributed by atoms with Gasteiger partial charge in [0.2, 0.25) is 15.9 Å². The predicted molar refractivity (Wildman–Crippen MR) is 188 cm³/mol. The van der Waals surface area contributed by atoms with Crippen LogP contribution in [0.25, 0.3) is 0 Å². The molecule has 262 valence electrons. The molecule has 4 atom stereocenters. The Balaban J connectivity index is 1.44. The number of hydrogen-bond acceptors (Lipinski definition) is 7. The third-order valence-electron chi connectivity index (χ3n) is 8.75. The Kier molecular flexibility index (Phi) is 11.4. The quantitative estimate of drug-likeness (QED) is 0.249. The molecule has 3 aromatic rings. The van der Waals surface area contributed by atoms with Gasteiger partial charge in [0.15, 0.2) is 6.61 Å². The van der Waals surface area contributed by atoms with Crippen LogP contribution in [0.1, 0.15) is 85.5 Å². The molecule has 10 nitrogen and oxygen atoms in total. The summed E-state index contributed by atoms with van der Waals surface area (Å²) in [4.78, 5) is 42.8. The van der Waals surface area contributed by atoms with Gasteiger partial charge in [0.05, 0.1) is 18.2 Å². The van der Waals surface area contributed by atoms with Crippen LogP contribution in [-0.2, 0) is 30.8 Å². The zero-order valence-electron chi connectivity index (χ0n) is 28.3. The largest absolute Gasteiger partial charge is 0.482 e. The van der Waals surface area contributed by atoms with E-state index in [1.54, 1.807) is 56.0 Å². The number of ether oxygens (including phenoxy) is 2. The highest BCUT2D eigenvalue weighted by atomic mass is 35.5.